The van der Waals surface area contributed by atoms with Gasteiger partial charge in [0.2, 0.25) is 0 Å². The number of phenols is 1. The van der Waals surface area contributed by atoms with Crippen molar-refractivity contribution in [1.82, 2.24) is 5.32 Å². The first-order valence-electron chi connectivity index (χ1n) is 9.47. The van der Waals surface area contributed by atoms with Gasteiger partial charge in [-0.3, -0.25) is 0 Å². The fourth-order valence-electron chi connectivity index (χ4n) is 3.69. The Bertz CT molecular complexity index is 1030. The summed E-state index contributed by atoms with van der Waals surface area (Å²) in [7, 11) is 0. The summed E-state index contributed by atoms with van der Waals surface area (Å²) in [5.74, 6) is 0.164. The van der Waals surface area contributed by atoms with E-state index < -0.39 is 6.09 Å². The number of aromatic hydroxyl groups is 1. The van der Waals surface area contributed by atoms with Crippen molar-refractivity contribution in [1.29, 1.82) is 0 Å². The van der Waals surface area contributed by atoms with Crippen LogP contribution in [0.15, 0.2) is 72.8 Å². The molecule has 0 radical (unpaired) electrons. The average molecular weight is 386 g/mol. The molecule has 4 rings (SSSR count). The fourth-order valence-corrected chi connectivity index (χ4v) is 3.69. The lowest BCUT2D eigenvalue weighted by atomic mass is 9.98. The van der Waals surface area contributed by atoms with Crippen LogP contribution in [-0.2, 0) is 4.74 Å². The van der Waals surface area contributed by atoms with Crippen molar-refractivity contribution in [3.05, 3.63) is 89.5 Å². The SMILES string of the molecule is Nc1cc(O)ccc1C=CCNC(=O)OCC1c2ccccc2-c2ccccc21. The van der Waals surface area contributed by atoms with Gasteiger partial charge >= 0.3 is 6.09 Å². The maximum atomic E-state index is 12.1. The second-order valence-corrected chi connectivity index (χ2v) is 6.92. The summed E-state index contributed by atoms with van der Waals surface area (Å²) < 4.78 is 5.49. The molecular formula is C24H22N2O3. The lowest BCUT2D eigenvalue weighted by Crippen LogP contribution is -2.26. The highest BCUT2D eigenvalue weighted by Crippen LogP contribution is 2.44. The zero-order valence-electron chi connectivity index (χ0n) is 15.8. The van der Waals surface area contributed by atoms with E-state index in [4.69, 9.17) is 10.5 Å². The van der Waals surface area contributed by atoms with Crippen LogP contribution in [0.5, 0.6) is 5.75 Å². The molecule has 0 fully saturated rings. The highest BCUT2D eigenvalue weighted by Gasteiger charge is 2.28. The maximum Gasteiger partial charge on any atom is 0.407 e. The quantitative estimate of drug-likeness (QED) is 0.563. The van der Waals surface area contributed by atoms with Crippen molar-refractivity contribution in [2.75, 3.05) is 18.9 Å². The zero-order valence-corrected chi connectivity index (χ0v) is 15.8. The van der Waals surface area contributed by atoms with Crippen molar-refractivity contribution in [2.24, 2.45) is 0 Å². The van der Waals surface area contributed by atoms with Crippen LogP contribution in [0.2, 0.25) is 0 Å². The van der Waals surface area contributed by atoms with E-state index in [1.807, 2.05) is 24.3 Å². The van der Waals surface area contributed by atoms with Gasteiger partial charge in [-0.2, -0.15) is 0 Å². The van der Waals surface area contributed by atoms with Crippen LogP contribution in [0.4, 0.5) is 10.5 Å². The monoisotopic (exact) mass is 386 g/mol. The number of ether oxygens (including phenoxy) is 1. The van der Waals surface area contributed by atoms with Gasteiger partial charge in [-0.25, -0.2) is 4.79 Å². The molecule has 0 aliphatic heterocycles. The van der Waals surface area contributed by atoms with Crippen LogP contribution in [0.25, 0.3) is 17.2 Å². The number of phenolic OH excluding ortho intramolecular Hbond substituents is 1. The van der Waals surface area contributed by atoms with Crippen LogP contribution in [0.1, 0.15) is 22.6 Å². The van der Waals surface area contributed by atoms with Crippen molar-refractivity contribution >= 4 is 17.9 Å². The van der Waals surface area contributed by atoms with Gasteiger partial charge in [0.05, 0.1) is 0 Å². The molecule has 1 aliphatic rings. The zero-order chi connectivity index (χ0) is 20.2. The normalized spacial score (nSPS) is 12.6. The van der Waals surface area contributed by atoms with Gasteiger partial charge in [0.25, 0.3) is 0 Å². The minimum atomic E-state index is -0.463. The Balaban J connectivity index is 1.34. The number of benzene rings is 3. The molecule has 3 aromatic rings. The lowest BCUT2D eigenvalue weighted by Gasteiger charge is -2.14. The lowest BCUT2D eigenvalue weighted by molar-refractivity contribution is 0.144. The van der Waals surface area contributed by atoms with Gasteiger partial charge in [0.1, 0.15) is 12.4 Å². The molecule has 3 aromatic carbocycles. The van der Waals surface area contributed by atoms with Crippen LogP contribution in [-0.4, -0.2) is 24.4 Å². The Morgan fingerprint density at radius 2 is 1.69 bits per heavy atom. The Kier molecular flexibility index (Phi) is 5.20. The summed E-state index contributed by atoms with van der Waals surface area (Å²) in [4.78, 5) is 12.1. The smallest absolute Gasteiger partial charge is 0.407 e. The van der Waals surface area contributed by atoms with Crippen LogP contribution in [0, 0.1) is 0 Å². The molecule has 0 aromatic heterocycles. The molecule has 0 saturated carbocycles. The number of nitrogen functional groups attached to an aromatic ring is 1. The molecule has 0 spiro atoms. The van der Waals surface area contributed by atoms with Gasteiger partial charge in [-0.05, 0) is 39.9 Å². The number of amides is 1. The fraction of sp³-hybridized carbons (Fsp3) is 0.125. The topological polar surface area (TPSA) is 84.6 Å². The number of alkyl carbamates (subject to hydrolysis) is 1. The van der Waals surface area contributed by atoms with E-state index >= 15 is 0 Å². The predicted molar refractivity (Wildman–Crippen MR) is 115 cm³/mol. The van der Waals surface area contributed by atoms with Crippen LogP contribution >= 0.6 is 0 Å². The third-order valence-electron chi connectivity index (χ3n) is 5.08. The number of fused-ring (bicyclic) bond motifs is 3. The average Bonchev–Trinajstić information content (AvgIpc) is 3.05. The number of hydrogen-bond acceptors (Lipinski definition) is 4. The van der Waals surface area contributed by atoms with E-state index in [0.717, 1.165) is 5.56 Å². The molecule has 146 valence electrons. The van der Waals surface area contributed by atoms with Gasteiger partial charge in [0, 0.05) is 24.2 Å². The summed E-state index contributed by atoms with van der Waals surface area (Å²) in [6, 6.07) is 21.2. The predicted octanol–water partition coefficient (Wildman–Crippen LogP) is 4.53. The summed E-state index contributed by atoms with van der Waals surface area (Å²) >= 11 is 0. The van der Waals surface area contributed by atoms with Crippen LogP contribution in [0.3, 0.4) is 0 Å². The third kappa shape index (κ3) is 3.94. The standard InChI is InChI=1S/C24H22N2O3/c25-23-14-17(27)12-11-16(23)6-5-13-26-24(28)29-15-22-20-9-3-1-7-18(20)19-8-2-4-10-21(19)22/h1-12,14,22,27H,13,15,25H2,(H,26,28). The van der Waals surface area contributed by atoms with E-state index in [9.17, 15) is 9.90 Å². The van der Waals surface area contributed by atoms with Gasteiger partial charge < -0.3 is 20.9 Å². The first kappa shape index (κ1) is 18.6. The number of carbonyl (C=O) groups is 1. The molecule has 29 heavy (non-hydrogen) atoms. The van der Waals surface area contributed by atoms with Gasteiger partial charge in [0.15, 0.2) is 0 Å². The number of carbonyl (C=O) groups excluding carboxylic acids is 1. The van der Waals surface area contributed by atoms with E-state index in [-0.39, 0.29) is 18.3 Å². The molecule has 0 unspecified atom stereocenters. The Hall–Kier alpha value is -3.73. The summed E-state index contributed by atoms with van der Waals surface area (Å²) in [5, 5.41) is 12.1. The van der Waals surface area contributed by atoms with E-state index in [2.05, 4.69) is 29.6 Å². The molecule has 0 heterocycles. The molecule has 5 nitrogen and oxygen atoms in total. The van der Waals surface area contributed by atoms with Crippen molar-refractivity contribution in [3.63, 3.8) is 0 Å². The highest BCUT2D eigenvalue weighted by molar-refractivity contribution is 5.79. The molecule has 0 atom stereocenters. The number of anilines is 1. The minimum Gasteiger partial charge on any atom is -0.508 e. The van der Waals surface area contributed by atoms with Crippen molar-refractivity contribution < 1.29 is 14.6 Å². The number of rotatable bonds is 5. The number of nitrogens with one attached hydrogen (secondary N) is 1. The minimum absolute atomic E-state index is 0.0421. The number of nitrogens with two attached hydrogens (primary N) is 1. The largest absolute Gasteiger partial charge is 0.508 e. The summed E-state index contributed by atoms with van der Waals surface area (Å²) in [5.41, 5.74) is 11.9. The molecule has 0 saturated heterocycles. The Morgan fingerprint density at radius 3 is 2.34 bits per heavy atom. The van der Waals surface area contributed by atoms with Crippen molar-refractivity contribution in [2.45, 2.75) is 5.92 Å². The Labute approximate surface area is 169 Å². The molecule has 5 heteroatoms. The van der Waals surface area contributed by atoms with Crippen LogP contribution < -0.4 is 11.1 Å². The summed E-state index contributed by atoms with van der Waals surface area (Å²) in [6.45, 7) is 0.603. The highest BCUT2D eigenvalue weighted by atomic mass is 16.5. The molecule has 4 N–H and O–H groups in total. The van der Waals surface area contributed by atoms with E-state index in [1.54, 1.807) is 24.3 Å². The number of hydrogen-bond donors (Lipinski definition) is 3. The third-order valence-corrected chi connectivity index (χ3v) is 5.08. The van der Waals surface area contributed by atoms with E-state index in [1.165, 1.54) is 28.3 Å². The second-order valence-electron chi connectivity index (χ2n) is 6.92. The van der Waals surface area contributed by atoms with Gasteiger partial charge in [-0.1, -0.05) is 60.7 Å². The van der Waals surface area contributed by atoms with Gasteiger partial charge in [-0.15, -0.1) is 0 Å². The summed E-state index contributed by atoms with van der Waals surface area (Å²) in [6.07, 6.45) is 3.11. The van der Waals surface area contributed by atoms with E-state index in [0.29, 0.717) is 12.2 Å². The molecular weight excluding hydrogens is 364 g/mol. The van der Waals surface area contributed by atoms with Crippen molar-refractivity contribution in [3.8, 4) is 16.9 Å². The molecule has 1 aliphatic carbocycles. The Morgan fingerprint density at radius 1 is 1.03 bits per heavy atom. The second kappa shape index (κ2) is 8.10. The molecule has 0 bridgehead atoms. The molecule has 1 amide bonds. The first-order valence-corrected chi connectivity index (χ1v) is 9.47. The maximum absolute atomic E-state index is 12.1. The first-order chi connectivity index (χ1) is 14.1.